The topological polar surface area (TPSA) is 92.5 Å². The maximum absolute atomic E-state index is 11.9. The van der Waals surface area contributed by atoms with Gasteiger partial charge in [-0.3, -0.25) is 0 Å². The number of carbonyl (C=O) groups excluding carboxylic acids is 1. The van der Waals surface area contributed by atoms with E-state index >= 15 is 0 Å². The third-order valence-corrected chi connectivity index (χ3v) is 4.22. The lowest BCUT2D eigenvalue weighted by Gasteiger charge is -2.26. The molecule has 0 saturated carbocycles. The maximum Gasteiger partial charge on any atom is 0.317 e. The second kappa shape index (κ2) is 6.23. The average molecular weight is 297 g/mol. The van der Waals surface area contributed by atoms with Crippen LogP contribution in [0.1, 0.15) is 24.8 Å². The number of sulfonamides is 1. The van der Waals surface area contributed by atoms with Gasteiger partial charge in [0.2, 0.25) is 10.0 Å². The summed E-state index contributed by atoms with van der Waals surface area (Å²) >= 11 is 0. The molecule has 1 aliphatic rings. The molecule has 1 aliphatic heterocycles. The minimum atomic E-state index is -3.71. The van der Waals surface area contributed by atoms with Gasteiger partial charge in [0, 0.05) is 19.6 Å². The first-order chi connectivity index (χ1) is 9.47. The largest absolute Gasteiger partial charge is 0.334 e. The molecule has 20 heavy (non-hydrogen) atoms. The number of rotatable bonds is 3. The van der Waals surface area contributed by atoms with Crippen LogP contribution in [0.3, 0.4) is 0 Å². The van der Waals surface area contributed by atoms with Gasteiger partial charge in [-0.25, -0.2) is 18.4 Å². The Balaban J connectivity index is 1.95. The van der Waals surface area contributed by atoms with Gasteiger partial charge in [0.1, 0.15) is 0 Å². The number of nitrogens with one attached hydrogen (secondary N) is 1. The highest BCUT2D eigenvalue weighted by molar-refractivity contribution is 7.89. The number of primary sulfonamides is 1. The molecule has 0 bridgehead atoms. The fraction of sp³-hybridized carbons (Fsp3) is 0.462. The maximum atomic E-state index is 11.9. The second-order valence-electron chi connectivity index (χ2n) is 4.90. The number of piperidine rings is 1. The van der Waals surface area contributed by atoms with Crippen LogP contribution in [0.5, 0.6) is 0 Å². The summed E-state index contributed by atoms with van der Waals surface area (Å²) in [5.41, 5.74) is 0.710. The van der Waals surface area contributed by atoms with Crippen LogP contribution < -0.4 is 10.5 Å². The molecular formula is C13H19N3O3S. The number of benzene rings is 1. The summed E-state index contributed by atoms with van der Waals surface area (Å²) in [6.07, 6.45) is 3.24. The number of likely N-dealkylation sites (tertiary alicyclic amines) is 1. The van der Waals surface area contributed by atoms with E-state index in [2.05, 4.69) is 5.32 Å². The van der Waals surface area contributed by atoms with E-state index in [9.17, 15) is 13.2 Å². The Kier molecular flexibility index (Phi) is 4.61. The summed E-state index contributed by atoms with van der Waals surface area (Å²) in [6, 6.07) is 6.18. The van der Waals surface area contributed by atoms with E-state index < -0.39 is 10.0 Å². The van der Waals surface area contributed by atoms with Crippen LogP contribution in [0, 0.1) is 0 Å². The van der Waals surface area contributed by atoms with E-state index in [1.807, 2.05) is 0 Å². The molecule has 0 radical (unpaired) electrons. The smallest absolute Gasteiger partial charge is 0.317 e. The van der Waals surface area contributed by atoms with Crippen molar-refractivity contribution < 1.29 is 13.2 Å². The van der Waals surface area contributed by atoms with E-state index in [0.717, 1.165) is 25.9 Å². The summed E-state index contributed by atoms with van der Waals surface area (Å²) < 4.78 is 22.5. The van der Waals surface area contributed by atoms with Crippen molar-refractivity contribution in [3.05, 3.63) is 29.8 Å². The fourth-order valence-corrected chi connectivity index (χ4v) is 2.80. The van der Waals surface area contributed by atoms with Gasteiger partial charge in [0.15, 0.2) is 0 Å². The van der Waals surface area contributed by atoms with Crippen molar-refractivity contribution in [2.75, 3.05) is 13.1 Å². The lowest BCUT2D eigenvalue weighted by Crippen LogP contribution is -2.42. The zero-order valence-electron chi connectivity index (χ0n) is 11.2. The van der Waals surface area contributed by atoms with Crippen molar-refractivity contribution in [2.45, 2.75) is 30.7 Å². The predicted octanol–water partition coefficient (Wildman–Crippen LogP) is 1.03. The molecule has 1 fully saturated rings. The Hall–Kier alpha value is -1.60. The van der Waals surface area contributed by atoms with Crippen molar-refractivity contribution >= 4 is 16.1 Å². The van der Waals surface area contributed by atoms with E-state index in [-0.39, 0.29) is 10.9 Å². The van der Waals surface area contributed by atoms with Gasteiger partial charge in [0.25, 0.3) is 0 Å². The summed E-state index contributed by atoms with van der Waals surface area (Å²) in [5, 5.41) is 7.87. The zero-order chi connectivity index (χ0) is 14.6. The molecule has 0 unspecified atom stereocenters. The standard InChI is InChI=1S/C13H19N3O3S/c14-20(18,19)12-6-4-5-11(9-12)10-15-13(17)16-7-2-1-3-8-16/h4-6,9H,1-3,7-8,10H2,(H,15,17)(H2,14,18,19). The molecule has 3 N–H and O–H groups in total. The minimum absolute atomic E-state index is 0.0576. The second-order valence-corrected chi connectivity index (χ2v) is 6.46. The molecule has 1 aromatic rings. The zero-order valence-corrected chi connectivity index (χ0v) is 12.0. The Morgan fingerprint density at radius 3 is 2.60 bits per heavy atom. The molecule has 7 heteroatoms. The number of nitrogens with zero attached hydrogens (tertiary/aromatic N) is 1. The first-order valence-corrected chi connectivity index (χ1v) is 8.16. The molecule has 1 aromatic carbocycles. The SMILES string of the molecule is NS(=O)(=O)c1cccc(CNC(=O)N2CCCCC2)c1. The van der Waals surface area contributed by atoms with Crippen molar-refractivity contribution in [3.63, 3.8) is 0 Å². The highest BCUT2D eigenvalue weighted by Crippen LogP contribution is 2.11. The number of amides is 2. The van der Waals surface area contributed by atoms with Gasteiger partial charge in [-0.05, 0) is 37.0 Å². The van der Waals surface area contributed by atoms with Crippen LogP contribution in [-0.4, -0.2) is 32.4 Å². The molecule has 1 saturated heterocycles. The van der Waals surface area contributed by atoms with Crippen molar-refractivity contribution in [1.29, 1.82) is 0 Å². The summed E-state index contributed by atoms with van der Waals surface area (Å²) in [7, 11) is -3.71. The van der Waals surface area contributed by atoms with Gasteiger partial charge in [-0.1, -0.05) is 12.1 Å². The highest BCUT2D eigenvalue weighted by Gasteiger charge is 2.16. The lowest BCUT2D eigenvalue weighted by molar-refractivity contribution is 0.186. The third kappa shape index (κ3) is 3.94. The number of hydrogen-bond donors (Lipinski definition) is 2. The Morgan fingerprint density at radius 2 is 1.95 bits per heavy atom. The quantitative estimate of drug-likeness (QED) is 0.872. The van der Waals surface area contributed by atoms with Crippen LogP contribution in [0.25, 0.3) is 0 Å². The van der Waals surface area contributed by atoms with E-state index in [1.165, 1.54) is 18.6 Å². The van der Waals surface area contributed by atoms with Gasteiger partial charge in [-0.2, -0.15) is 0 Å². The molecule has 0 aliphatic carbocycles. The van der Waals surface area contributed by atoms with E-state index in [4.69, 9.17) is 5.14 Å². The molecule has 1 heterocycles. The molecule has 2 rings (SSSR count). The van der Waals surface area contributed by atoms with Crippen molar-refractivity contribution in [1.82, 2.24) is 10.2 Å². The predicted molar refractivity (Wildman–Crippen MR) is 75.5 cm³/mol. The van der Waals surface area contributed by atoms with Crippen molar-refractivity contribution in [2.24, 2.45) is 5.14 Å². The first-order valence-electron chi connectivity index (χ1n) is 6.61. The molecular weight excluding hydrogens is 278 g/mol. The Morgan fingerprint density at radius 1 is 1.25 bits per heavy atom. The van der Waals surface area contributed by atoms with Gasteiger partial charge >= 0.3 is 6.03 Å². The highest BCUT2D eigenvalue weighted by atomic mass is 32.2. The van der Waals surface area contributed by atoms with Crippen LogP contribution in [0.15, 0.2) is 29.2 Å². The lowest BCUT2D eigenvalue weighted by atomic mass is 10.1. The Labute approximate surface area is 119 Å². The van der Waals surface area contributed by atoms with Crippen molar-refractivity contribution in [3.8, 4) is 0 Å². The number of urea groups is 1. The minimum Gasteiger partial charge on any atom is -0.334 e. The summed E-state index contributed by atoms with van der Waals surface area (Å²) in [6.45, 7) is 1.85. The molecule has 0 aromatic heterocycles. The number of hydrogen-bond acceptors (Lipinski definition) is 3. The van der Waals surface area contributed by atoms with Crippen LogP contribution >= 0.6 is 0 Å². The molecule has 6 nitrogen and oxygen atoms in total. The summed E-state index contributed by atoms with van der Waals surface area (Å²) in [4.78, 5) is 13.8. The molecule has 2 amide bonds. The van der Waals surface area contributed by atoms with E-state index in [1.54, 1.807) is 17.0 Å². The fourth-order valence-electron chi connectivity index (χ4n) is 2.22. The van der Waals surface area contributed by atoms with Gasteiger partial charge in [-0.15, -0.1) is 0 Å². The number of carbonyl (C=O) groups is 1. The normalized spacial score (nSPS) is 15.9. The Bertz CT molecular complexity index is 580. The van der Waals surface area contributed by atoms with Gasteiger partial charge < -0.3 is 10.2 Å². The van der Waals surface area contributed by atoms with Gasteiger partial charge in [0.05, 0.1) is 4.90 Å². The van der Waals surface area contributed by atoms with Crippen LogP contribution in [-0.2, 0) is 16.6 Å². The monoisotopic (exact) mass is 297 g/mol. The average Bonchev–Trinajstić information content (AvgIpc) is 2.45. The summed E-state index contributed by atoms with van der Waals surface area (Å²) in [5.74, 6) is 0. The molecule has 0 atom stereocenters. The number of nitrogens with two attached hydrogens (primary N) is 1. The van der Waals surface area contributed by atoms with E-state index in [0.29, 0.717) is 12.1 Å². The molecule has 110 valence electrons. The van der Waals surface area contributed by atoms with Crippen LogP contribution in [0.4, 0.5) is 4.79 Å². The van der Waals surface area contributed by atoms with Crippen LogP contribution in [0.2, 0.25) is 0 Å². The molecule has 0 spiro atoms. The first kappa shape index (κ1) is 14.8. The third-order valence-electron chi connectivity index (χ3n) is 3.31.